The van der Waals surface area contributed by atoms with Crippen LogP contribution in [0.1, 0.15) is 60.8 Å². The van der Waals surface area contributed by atoms with Crippen LogP contribution in [0.5, 0.6) is 11.8 Å². The van der Waals surface area contributed by atoms with Gasteiger partial charge in [0.2, 0.25) is 0 Å². The average Bonchev–Trinajstić information content (AvgIpc) is 3.88. The van der Waals surface area contributed by atoms with Crippen molar-refractivity contribution in [3.8, 4) is 23.0 Å². The molecule has 0 bridgehead atoms. The molecule has 7 heterocycles. The molecule has 2 saturated heterocycles. The number of rotatable bonds is 7. The van der Waals surface area contributed by atoms with E-state index in [9.17, 15) is 9.90 Å². The number of aromatic nitrogens is 6. The van der Waals surface area contributed by atoms with Gasteiger partial charge in [-0.05, 0) is 98.3 Å². The van der Waals surface area contributed by atoms with Crippen LogP contribution in [-0.4, -0.2) is 77.4 Å². The van der Waals surface area contributed by atoms with Crippen molar-refractivity contribution in [3.63, 3.8) is 0 Å². The van der Waals surface area contributed by atoms with Gasteiger partial charge in [-0.25, -0.2) is 13.3 Å². The highest BCUT2D eigenvalue weighted by atomic mass is 19.1. The molecule has 4 aromatic heterocycles. The zero-order valence-corrected chi connectivity index (χ0v) is 27.7. The zero-order chi connectivity index (χ0) is 34.1. The van der Waals surface area contributed by atoms with Gasteiger partial charge in [0.1, 0.15) is 24.0 Å². The summed E-state index contributed by atoms with van der Waals surface area (Å²) in [5.41, 5.74) is 3.09. The van der Waals surface area contributed by atoms with Gasteiger partial charge in [-0.3, -0.25) is 14.4 Å². The molecule has 0 saturated carbocycles. The van der Waals surface area contributed by atoms with Crippen molar-refractivity contribution in [3.05, 3.63) is 71.2 Å². The fourth-order valence-corrected chi connectivity index (χ4v) is 8.62. The molecule has 0 amide bonds. The number of pyridine rings is 1. The Balaban J connectivity index is 1.26. The summed E-state index contributed by atoms with van der Waals surface area (Å²) in [6.07, 6.45) is 7.59. The molecule has 0 spiro atoms. The van der Waals surface area contributed by atoms with Gasteiger partial charge in [0, 0.05) is 18.7 Å². The number of ether oxygens (including phenoxy) is 1. The van der Waals surface area contributed by atoms with E-state index in [4.69, 9.17) is 19.8 Å². The molecular formula is C37H36F2N8O3. The Hall–Kier alpha value is -5.17. The number of nitrogens with zero attached hydrogens (tertiary/aromatic N) is 8. The highest BCUT2D eigenvalue weighted by molar-refractivity contribution is 6.06. The zero-order valence-electron chi connectivity index (χ0n) is 27.7. The van der Waals surface area contributed by atoms with Crippen LogP contribution in [0.15, 0.2) is 42.6 Å². The number of aromatic hydroxyl groups is 1. The van der Waals surface area contributed by atoms with E-state index in [1.54, 1.807) is 33.6 Å². The van der Waals surface area contributed by atoms with E-state index < -0.39 is 5.82 Å². The van der Waals surface area contributed by atoms with E-state index in [0.29, 0.717) is 94.3 Å². The van der Waals surface area contributed by atoms with Gasteiger partial charge in [-0.1, -0.05) is 13.0 Å². The van der Waals surface area contributed by atoms with E-state index in [-0.39, 0.29) is 35.4 Å². The maximum atomic E-state index is 15.4. The number of phenolic OH excluding ortho intramolecular Hbond substituents is 1. The summed E-state index contributed by atoms with van der Waals surface area (Å²) in [6, 6.07) is 10.3. The van der Waals surface area contributed by atoms with Crippen molar-refractivity contribution < 1.29 is 23.4 Å². The van der Waals surface area contributed by atoms with Gasteiger partial charge in [0.15, 0.2) is 17.8 Å². The van der Waals surface area contributed by atoms with Gasteiger partial charge in [-0.15, -0.1) is 0 Å². The Morgan fingerprint density at radius 3 is 2.64 bits per heavy atom. The van der Waals surface area contributed by atoms with Crippen molar-refractivity contribution in [1.29, 1.82) is 0 Å². The number of carbonyl (C=O) groups is 1. The molecule has 256 valence electrons. The Labute approximate surface area is 286 Å². The molecule has 13 heteroatoms. The van der Waals surface area contributed by atoms with Crippen molar-refractivity contribution in [2.75, 3.05) is 31.1 Å². The minimum atomic E-state index is -0.630. The number of fused-ring (bicyclic) bond motifs is 6. The molecule has 0 unspecified atom stereocenters. The SMILES string of the molecule is CCc1c(F)ccc2cc(O)cc(-c3cc4nc(OCC56CCCN5CCC6)nc(N5CCCn6nc(C=O)c(F)c6C5)c4c4ccnn34)c12. The van der Waals surface area contributed by atoms with Gasteiger partial charge >= 0.3 is 6.01 Å². The van der Waals surface area contributed by atoms with E-state index in [2.05, 4.69) is 10.00 Å². The number of aldehydes is 1. The summed E-state index contributed by atoms with van der Waals surface area (Å²) >= 11 is 0. The molecule has 50 heavy (non-hydrogen) atoms. The van der Waals surface area contributed by atoms with Crippen LogP contribution in [0.25, 0.3) is 38.4 Å². The van der Waals surface area contributed by atoms with E-state index in [1.807, 2.05) is 24.0 Å². The number of hydrogen-bond donors (Lipinski definition) is 1. The molecule has 0 radical (unpaired) electrons. The Kier molecular flexibility index (Phi) is 7.23. The van der Waals surface area contributed by atoms with Gasteiger partial charge in [-0.2, -0.15) is 20.2 Å². The maximum absolute atomic E-state index is 15.4. The second-order valence-corrected chi connectivity index (χ2v) is 13.7. The summed E-state index contributed by atoms with van der Waals surface area (Å²) in [4.78, 5) is 26.1. The molecule has 3 aliphatic heterocycles. The first kappa shape index (κ1) is 30.9. The molecule has 3 aliphatic rings. The first-order chi connectivity index (χ1) is 24.4. The smallest absolute Gasteiger partial charge is 0.319 e. The Morgan fingerprint density at radius 1 is 1.00 bits per heavy atom. The number of phenols is 1. The topological polar surface area (TPSA) is 114 Å². The third kappa shape index (κ3) is 4.73. The second kappa shape index (κ2) is 11.7. The fraction of sp³-hybridized carbons (Fsp3) is 0.378. The van der Waals surface area contributed by atoms with Crippen molar-refractivity contribution in [2.24, 2.45) is 0 Å². The lowest BCUT2D eigenvalue weighted by Crippen LogP contribution is -2.43. The average molecular weight is 679 g/mol. The van der Waals surface area contributed by atoms with E-state index in [0.717, 1.165) is 38.8 Å². The summed E-state index contributed by atoms with van der Waals surface area (Å²) in [5.74, 6) is -0.349. The molecule has 0 aliphatic carbocycles. The molecule has 6 aromatic rings. The minimum Gasteiger partial charge on any atom is -0.508 e. The maximum Gasteiger partial charge on any atom is 0.319 e. The predicted octanol–water partition coefficient (Wildman–Crippen LogP) is 6.07. The fourth-order valence-electron chi connectivity index (χ4n) is 8.62. The molecule has 2 fully saturated rings. The highest BCUT2D eigenvalue weighted by Crippen LogP contribution is 2.42. The summed E-state index contributed by atoms with van der Waals surface area (Å²) in [7, 11) is 0. The highest BCUT2D eigenvalue weighted by Gasteiger charge is 2.45. The predicted molar refractivity (Wildman–Crippen MR) is 184 cm³/mol. The van der Waals surface area contributed by atoms with Crippen LogP contribution in [0.2, 0.25) is 0 Å². The number of carbonyl (C=O) groups excluding carboxylic acids is 1. The number of hydrogen-bond acceptors (Lipinski definition) is 9. The van der Waals surface area contributed by atoms with Crippen molar-refractivity contribution in [1.82, 2.24) is 34.3 Å². The quantitative estimate of drug-likeness (QED) is 0.201. The molecule has 2 aromatic carbocycles. The van der Waals surface area contributed by atoms with Crippen LogP contribution in [0.4, 0.5) is 14.6 Å². The normalized spacial score (nSPS) is 17.5. The van der Waals surface area contributed by atoms with Gasteiger partial charge in [0.05, 0.1) is 46.1 Å². The van der Waals surface area contributed by atoms with Crippen LogP contribution >= 0.6 is 0 Å². The van der Waals surface area contributed by atoms with Crippen molar-refractivity contribution >= 4 is 39.3 Å². The van der Waals surface area contributed by atoms with Gasteiger partial charge in [0.25, 0.3) is 0 Å². The number of halogens is 2. The van der Waals surface area contributed by atoms with Gasteiger partial charge < -0.3 is 14.7 Å². The lowest BCUT2D eigenvalue weighted by atomic mass is 9.94. The third-order valence-corrected chi connectivity index (χ3v) is 10.9. The van der Waals surface area contributed by atoms with Crippen LogP contribution in [0, 0.1) is 11.6 Å². The molecular weight excluding hydrogens is 642 g/mol. The van der Waals surface area contributed by atoms with Crippen LogP contribution in [0.3, 0.4) is 0 Å². The standard InChI is InChI=1S/C37H36F2N8O3/c1-2-24-26(38)7-6-22-16-23(49)17-25(32(22)24)30-18-27-33(29-8-11-40-47(29)30)35(44-12-5-15-46-31(19-44)34(39)28(20-48)43-46)42-36(41-27)50-21-37-9-3-13-45(37)14-4-10-37/h6-8,11,16-18,20,49H,2-5,9-10,12-15,19,21H2,1H3. The Bertz CT molecular complexity index is 2330. The van der Waals surface area contributed by atoms with Crippen molar-refractivity contribution in [2.45, 2.75) is 64.1 Å². The molecule has 9 rings (SSSR count). The molecule has 0 atom stereocenters. The monoisotopic (exact) mass is 678 g/mol. The summed E-state index contributed by atoms with van der Waals surface area (Å²) in [5, 5.41) is 21.8. The Morgan fingerprint density at radius 2 is 1.84 bits per heavy atom. The first-order valence-electron chi connectivity index (χ1n) is 17.3. The first-order valence-corrected chi connectivity index (χ1v) is 17.3. The van der Waals surface area contributed by atoms with E-state index in [1.165, 1.54) is 6.07 Å². The molecule has 11 nitrogen and oxygen atoms in total. The summed E-state index contributed by atoms with van der Waals surface area (Å²) in [6.45, 7) is 5.61. The van der Waals surface area contributed by atoms with E-state index >= 15 is 8.78 Å². The third-order valence-electron chi connectivity index (χ3n) is 10.9. The summed E-state index contributed by atoms with van der Waals surface area (Å²) < 4.78 is 40.5. The second-order valence-electron chi connectivity index (χ2n) is 13.7. The lowest BCUT2D eigenvalue weighted by molar-refractivity contribution is 0.108. The largest absolute Gasteiger partial charge is 0.508 e. The van der Waals surface area contributed by atoms with Crippen LogP contribution in [-0.2, 0) is 19.5 Å². The lowest BCUT2D eigenvalue weighted by Gasteiger charge is -2.31. The number of aryl methyl sites for hydroxylation is 2. The van der Waals surface area contributed by atoms with Crippen LogP contribution < -0.4 is 9.64 Å². The number of anilines is 1. The molecule has 1 N–H and O–H groups in total. The minimum absolute atomic E-state index is 0.0381. The number of benzene rings is 2.